The zero-order valence-electron chi connectivity index (χ0n) is 10.5. The molecule has 0 aliphatic rings. The summed E-state index contributed by atoms with van der Waals surface area (Å²) in [5.41, 5.74) is 2.46. The summed E-state index contributed by atoms with van der Waals surface area (Å²) in [5, 5.41) is 3.28. The van der Waals surface area contributed by atoms with Gasteiger partial charge in [0.05, 0.1) is 10.8 Å². The summed E-state index contributed by atoms with van der Waals surface area (Å²) in [6.07, 6.45) is 0. The highest BCUT2D eigenvalue weighted by Crippen LogP contribution is 2.13. The highest BCUT2D eigenvalue weighted by molar-refractivity contribution is 7.85. The monoisotopic (exact) mass is 239 g/mol. The van der Waals surface area contributed by atoms with E-state index in [2.05, 4.69) is 33.0 Å². The highest BCUT2D eigenvalue weighted by atomic mass is 32.2. The molecule has 0 radical (unpaired) electrons. The zero-order valence-corrected chi connectivity index (χ0v) is 11.4. The van der Waals surface area contributed by atoms with Gasteiger partial charge in [0.2, 0.25) is 0 Å². The number of aryl methyl sites for hydroxylation is 2. The number of rotatable bonds is 5. The van der Waals surface area contributed by atoms with E-state index < -0.39 is 10.8 Å². The van der Waals surface area contributed by atoms with Gasteiger partial charge in [0.15, 0.2) is 0 Å². The van der Waals surface area contributed by atoms with E-state index >= 15 is 0 Å². The van der Waals surface area contributed by atoms with Gasteiger partial charge in [-0.05, 0) is 37.1 Å². The average Bonchev–Trinajstić information content (AvgIpc) is 2.21. The Morgan fingerprint density at radius 1 is 1.25 bits per heavy atom. The van der Waals surface area contributed by atoms with Crippen molar-refractivity contribution in [2.24, 2.45) is 0 Å². The lowest BCUT2D eigenvalue weighted by molar-refractivity contribution is 0.610. The van der Waals surface area contributed by atoms with E-state index in [-0.39, 0.29) is 0 Å². The summed E-state index contributed by atoms with van der Waals surface area (Å²) in [5.74, 6) is 0.681. The van der Waals surface area contributed by atoms with Gasteiger partial charge < -0.3 is 5.32 Å². The van der Waals surface area contributed by atoms with Crippen molar-refractivity contribution in [3.05, 3.63) is 29.3 Å². The van der Waals surface area contributed by atoms with Crippen LogP contribution < -0.4 is 5.32 Å². The van der Waals surface area contributed by atoms with Crippen LogP contribution in [0.4, 0.5) is 0 Å². The van der Waals surface area contributed by atoms with Crippen molar-refractivity contribution < 1.29 is 4.21 Å². The van der Waals surface area contributed by atoms with Gasteiger partial charge in [0.1, 0.15) is 0 Å². The molecule has 0 heterocycles. The maximum Gasteiger partial charge on any atom is 0.0542 e. The van der Waals surface area contributed by atoms with E-state index in [1.807, 2.05) is 18.2 Å². The third-order valence-electron chi connectivity index (χ3n) is 2.58. The molecule has 0 saturated heterocycles. The molecule has 1 rings (SSSR count). The summed E-state index contributed by atoms with van der Waals surface area (Å²) in [7, 11) is -0.881. The number of benzene rings is 1. The van der Waals surface area contributed by atoms with Crippen LogP contribution in [0.25, 0.3) is 0 Å². The lowest BCUT2D eigenvalue weighted by Gasteiger charge is -2.08. The number of hydrogen-bond acceptors (Lipinski definition) is 2. The van der Waals surface area contributed by atoms with Crippen molar-refractivity contribution in [1.29, 1.82) is 0 Å². The molecular weight excluding hydrogens is 218 g/mol. The largest absolute Gasteiger partial charge is 0.314 e. The van der Waals surface area contributed by atoms with Crippen LogP contribution in [0.1, 0.15) is 25.0 Å². The maximum atomic E-state index is 12.0. The Hall–Kier alpha value is -0.670. The smallest absolute Gasteiger partial charge is 0.0542 e. The second kappa shape index (κ2) is 6.16. The summed E-state index contributed by atoms with van der Waals surface area (Å²) in [6, 6.07) is 6.49. The Bertz CT molecular complexity index is 374. The Balaban J connectivity index is 2.56. The van der Waals surface area contributed by atoms with Gasteiger partial charge in [0.25, 0.3) is 0 Å². The Labute approximate surface area is 101 Å². The average molecular weight is 239 g/mol. The van der Waals surface area contributed by atoms with Crippen molar-refractivity contribution in [1.82, 2.24) is 5.32 Å². The molecule has 0 aliphatic heterocycles. The summed E-state index contributed by atoms with van der Waals surface area (Å²) >= 11 is 0. The van der Waals surface area contributed by atoms with E-state index in [0.717, 1.165) is 11.4 Å². The maximum absolute atomic E-state index is 12.0. The molecule has 3 heteroatoms. The van der Waals surface area contributed by atoms with E-state index in [1.54, 1.807) is 0 Å². The molecule has 1 atom stereocenters. The third kappa shape index (κ3) is 4.06. The van der Waals surface area contributed by atoms with E-state index in [0.29, 0.717) is 11.8 Å². The van der Waals surface area contributed by atoms with Gasteiger partial charge in [-0.15, -0.1) is 0 Å². The summed E-state index contributed by atoms with van der Waals surface area (Å²) in [4.78, 5) is 0.939. The second-order valence-electron chi connectivity index (χ2n) is 4.40. The SMILES string of the molecule is Cc1ccc(S(=O)CCNC(C)C)cc1C. The molecule has 0 amide bonds. The normalized spacial score (nSPS) is 13.1. The molecule has 16 heavy (non-hydrogen) atoms. The Kier molecular flexibility index (Phi) is 5.16. The topological polar surface area (TPSA) is 29.1 Å². The lowest BCUT2D eigenvalue weighted by Crippen LogP contribution is -2.27. The van der Waals surface area contributed by atoms with Gasteiger partial charge in [-0.1, -0.05) is 19.9 Å². The van der Waals surface area contributed by atoms with Crippen LogP contribution in [0.2, 0.25) is 0 Å². The Morgan fingerprint density at radius 2 is 1.94 bits per heavy atom. The lowest BCUT2D eigenvalue weighted by atomic mass is 10.1. The fourth-order valence-electron chi connectivity index (χ4n) is 1.41. The first kappa shape index (κ1) is 13.4. The predicted molar refractivity (Wildman–Crippen MR) is 70.3 cm³/mol. The van der Waals surface area contributed by atoms with Gasteiger partial charge in [-0.2, -0.15) is 0 Å². The first-order chi connectivity index (χ1) is 7.50. The van der Waals surface area contributed by atoms with E-state index in [9.17, 15) is 4.21 Å². The second-order valence-corrected chi connectivity index (χ2v) is 5.98. The first-order valence-electron chi connectivity index (χ1n) is 5.69. The molecule has 0 aromatic heterocycles. The summed E-state index contributed by atoms with van der Waals surface area (Å²) < 4.78 is 12.0. The molecule has 1 unspecified atom stereocenters. The fraction of sp³-hybridized carbons (Fsp3) is 0.538. The Morgan fingerprint density at radius 3 is 2.50 bits per heavy atom. The molecule has 0 bridgehead atoms. The number of nitrogens with one attached hydrogen (secondary N) is 1. The van der Waals surface area contributed by atoms with Crippen molar-refractivity contribution >= 4 is 10.8 Å². The minimum atomic E-state index is -0.881. The summed E-state index contributed by atoms with van der Waals surface area (Å²) in [6.45, 7) is 9.12. The van der Waals surface area contributed by atoms with Crippen LogP contribution in [-0.4, -0.2) is 22.5 Å². The van der Waals surface area contributed by atoms with E-state index in [4.69, 9.17) is 0 Å². The predicted octanol–water partition coefficient (Wildman–Crippen LogP) is 2.41. The molecular formula is C13H21NOS. The van der Waals surface area contributed by atoms with Crippen LogP contribution in [0.5, 0.6) is 0 Å². The molecule has 0 spiro atoms. The van der Waals surface area contributed by atoms with Crippen LogP contribution in [0.15, 0.2) is 23.1 Å². The van der Waals surface area contributed by atoms with Gasteiger partial charge >= 0.3 is 0 Å². The van der Waals surface area contributed by atoms with Gasteiger partial charge in [-0.3, -0.25) is 4.21 Å². The molecule has 0 saturated carbocycles. The molecule has 0 fully saturated rings. The zero-order chi connectivity index (χ0) is 12.1. The van der Waals surface area contributed by atoms with Crippen LogP contribution in [0, 0.1) is 13.8 Å². The molecule has 90 valence electrons. The van der Waals surface area contributed by atoms with Gasteiger partial charge in [0, 0.05) is 23.2 Å². The van der Waals surface area contributed by atoms with Crippen LogP contribution in [-0.2, 0) is 10.8 Å². The van der Waals surface area contributed by atoms with Crippen molar-refractivity contribution in [2.75, 3.05) is 12.3 Å². The van der Waals surface area contributed by atoms with E-state index in [1.165, 1.54) is 11.1 Å². The minimum absolute atomic E-state index is 0.455. The molecule has 1 aromatic rings. The quantitative estimate of drug-likeness (QED) is 0.855. The minimum Gasteiger partial charge on any atom is -0.314 e. The standard InChI is InChI=1S/C13H21NOS/c1-10(2)14-7-8-16(15)13-6-5-11(3)12(4)9-13/h5-6,9-10,14H,7-8H2,1-4H3. The molecule has 1 aromatic carbocycles. The van der Waals surface area contributed by atoms with Crippen molar-refractivity contribution in [3.8, 4) is 0 Å². The van der Waals surface area contributed by atoms with Crippen LogP contribution in [0.3, 0.4) is 0 Å². The molecule has 1 N–H and O–H groups in total. The molecule has 0 aliphatic carbocycles. The van der Waals surface area contributed by atoms with Crippen LogP contribution >= 0.6 is 0 Å². The van der Waals surface area contributed by atoms with Gasteiger partial charge in [-0.25, -0.2) is 0 Å². The van der Waals surface area contributed by atoms with Crippen molar-refractivity contribution in [3.63, 3.8) is 0 Å². The van der Waals surface area contributed by atoms with Crippen molar-refractivity contribution in [2.45, 2.75) is 38.6 Å². The first-order valence-corrected chi connectivity index (χ1v) is 7.01. The fourth-order valence-corrected chi connectivity index (χ4v) is 2.48. The number of hydrogen-bond donors (Lipinski definition) is 1. The third-order valence-corrected chi connectivity index (χ3v) is 3.94. The highest BCUT2D eigenvalue weighted by Gasteiger charge is 2.05. The molecule has 2 nitrogen and oxygen atoms in total.